The third-order valence-corrected chi connectivity index (χ3v) is 3.72. The van der Waals surface area contributed by atoms with Crippen LogP contribution in [0.4, 0.5) is 0 Å². The number of aromatic nitrogens is 2. The lowest BCUT2D eigenvalue weighted by Crippen LogP contribution is -2.02. The van der Waals surface area contributed by atoms with E-state index >= 15 is 0 Å². The second kappa shape index (κ2) is 4.53. The molecule has 0 saturated carbocycles. The van der Waals surface area contributed by atoms with Gasteiger partial charge in [-0.25, -0.2) is 4.79 Å². The Morgan fingerprint density at radius 1 is 1.37 bits per heavy atom. The van der Waals surface area contributed by atoms with Gasteiger partial charge in [-0.2, -0.15) is 5.10 Å². The molecule has 19 heavy (non-hydrogen) atoms. The number of carbonyl (C=O) groups is 1. The minimum atomic E-state index is -0.960. The first-order chi connectivity index (χ1) is 9.20. The highest BCUT2D eigenvalue weighted by atomic mass is 16.4. The third kappa shape index (κ3) is 1.93. The summed E-state index contributed by atoms with van der Waals surface area (Å²) in [5, 5.41) is 13.5. The number of carboxylic acids is 1. The van der Waals surface area contributed by atoms with Gasteiger partial charge < -0.3 is 5.11 Å². The summed E-state index contributed by atoms with van der Waals surface area (Å²) in [4.78, 5) is 11.3. The molecule has 1 N–H and O–H groups in total. The highest BCUT2D eigenvalue weighted by Gasteiger charge is 2.22. The molecule has 1 aliphatic rings. The van der Waals surface area contributed by atoms with Crippen molar-refractivity contribution in [1.29, 1.82) is 0 Å². The molecule has 0 unspecified atom stereocenters. The number of nitrogens with zero attached hydrogens (tertiary/aromatic N) is 2. The smallest absolute Gasteiger partial charge is 0.357 e. The van der Waals surface area contributed by atoms with E-state index in [0.717, 1.165) is 30.4 Å². The van der Waals surface area contributed by atoms with E-state index in [0.29, 0.717) is 6.54 Å². The van der Waals surface area contributed by atoms with Gasteiger partial charge in [-0.05, 0) is 42.9 Å². The molecule has 0 atom stereocenters. The monoisotopic (exact) mass is 256 g/mol. The molecule has 0 amide bonds. The van der Waals surface area contributed by atoms with Crippen LogP contribution >= 0.6 is 0 Å². The number of rotatable bonds is 3. The summed E-state index contributed by atoms with van der Waals surface area (Å²) in [6, 6.07) is 6.15. The second-order valence-electron chi connectivity index (χ2n) is 4.85. The van der Waals surface area contributed by atoms with Crippen LogP contribution in [0.1, 0.15) is 35.0 Å². The molecule has 2 aromatic rings. The fourth-order valence-electron chi connectivity index (χ4n) is 2.81. The summed E-state index contributed by atoms with van der Waals surface area (Å²) in [6.45, 7) is 2.63. The van der Waals surface area contributed by atoms with Gasteiger partial charge in [0.15, 0.2) is 5.69 Å². The summed E-state index contributed by atoms with van der Waals surface area (Å²) in [5.41, 5.74) is 4.57. The van der Waals surface area contributed by atoms with Crippen LogP contribution in [0.5, 0.6) is 0 Å². The Labute approximate surface area is 111 Å². The van der Waals surface area contributed by atoms with Crippen molar-refractivity contribution in [3.8, 4) is 11.1 Å². The number of fused-ring (bicyclic) bond motifs is 1. The number of hydrogen-bond donors (Lipinski definition) is 1. The first kappa shape index (κ1) is 12.0. The molecule has 1 aliphatic carbocycles. The number of aromatic carboxylic acids is 1. The Hall–Kier alpha value is -2.10. The van der Waals surface area contributed by atoms with E-state index < -0.39 is 5.97 Å². The topological polar surface area (TPSA) is 55.1 Å². The zero-order valence-corrected chi connectivity index (χ0v) is 10.9. The van der Waals surface area contributed by atoms with Crippen molar-refractivity contribution in [2.45, 2.75) is 32.7 Å². The minimum absolute atomic E-state index is 0.155. The second-order valence-corrected chi connectivity index (χ2v) is 4.85. The van der Waals surface area contributed by atoms with E-state index in [1.165, 1.54) is 11.1 Å². The molecule has 0 bridgehead atoms. The van der Waals surface area contributed by atoms with Crippen LogP contribution in [0.3, 0.4) is 0 Å². The summed E-state index contributed by atoms with van der Waals surface area (Å²) in [6.07, 6.45) is 5.11. The van der Waals surface area contributed by atoms with Crippen molar-refractivity contribution in [3.05, 3.63) is 41.2 Å². The van der Waals surface area contributed by atoms with E-state index in [1.807, 2.05) is 25.3 Å². The maximum absolute atomic E-state index is 11.3. The average Bonchev–Trinajstić information content (AvgIpc) is 3.04. The molecule has 1 aromatic heterocycles. The molecule has 0 saturated heterocycles. The molecule has 3 rings (SSSR count). The molecular formula is C15H16N2O2. The highest BCUT2D eigenvalue weighted by Crippen LogP contribution is 2.33. The Morgan fingerprint density at radius 2 is 2.21 bits per heavy atom. The molecule has 4 nitrogen and oxygen atoms in total. The van der Waals surface area contributed by atoms with Crippen molar-refractivity contribution in [2.75, 3.05) is 0 Å². The third-order valence-electron chi connectivity index (χ3n) is 3.72. The SMILES string of the molecule is CCn1cc(-c2cccc3c2CCC3)c(C(=O)O)n1. The molecular weight excluding hydrogens is 240 g/mol. The maximum Gasteiger partial charge on any atom is 0.357 e. The van der Waals surface area contributed by atoms with Crippen LogP contribution in [-0.4, -0.2) is 20.9 Å². The van der Waals surface area contributed by atoms with Gasteiger partial charge >= 0.3 is 5.97 Å². The predicted octanol–water partition coefficient (Wildman–Crippen LogP) is 2.76. The van der Waals surface area contributed by atoms with Crippen LogP contribution in [0.15, 0.2) is 24.4 Å². The average molecular weight is 256 g/mol. The zero-order chi connectivity index (χ0) is 13.4. The van der Waals surface area contributed by atoms with Crippen molar-refractivity contribution >= 4 is 5.97 Å². The van der Waals surface area contributed by atoms with Gasteiger partial charge in [-0.3, -0.25) is 4.68 Å². The normalized spacial score (nSPS) is 13.5. The van der Waals surface area contributed by atoms with Gasteiger partial charge in [-0.1, -0.05) is 18.2 Å². The van der Waals surface area contributed by atoms with Crippen LogP contribution in [0.25, 0.3) is 11.1 Å². The Bertz CT molecular complexity index is 644. The Morgan fingerprint density at radius 3 is 2.95 bits per heavy atom. The molecule has 1 heterocycles. The highest BCUT2D eigenvalue weighted by molar-refractivity contribution is 5.94. The molecule has 0 fully saturated rings. The summed E-state index contributed by atoms with van der Waals surface area (Å²) < 4.78 is 1.69. The minimum Gasteiger partial charge on any atom is -0.476 e. The summed E-state index contributed by atoms with van der Waals surface area (Å²) in [5.74, 6) is -0.960. The number of aryl methyl sites for hydroxylation is 2. The number of benzene rings is 1. The van der Waals surface area contributed by atoms with Crippen LogP contribution < -0.4 is 0 Å². The fraction of sp³-hybridized carbons (Fsp3) is 0.333. The molecule has 1 aromatic carbocycles. The Kier molecular flexibility index (Phi) is 2.85. The fourth-order valence-corrected chi connectivity index (χ4v) is 2.81. The van der Waals surface area contributed by atoms with Gasteiger partial charge in [0.2, 0.25) is 0 Å². The quantitative estimate of drug-likeness (QED) is 0.918. The molecule has 0 radical (unpaired) electrons. The van der Waals surface area contributed by atoms with Gasteiger partial charge in [0.1, 0.15) is 0 Å². The van der Waals surface area contributed by atoms with E-state index in [4.69, 9.17) is 0 Å². The first-order valence-corrected chi connectivity index (χ1v) is 6.62. The van der Waals surface area contributed by atoms with Crippen LogP contribution in [0, 0.1) is 0 Å². The van der Waals surface area contributed by atoms with E-state index in [-0.39, 0.29) is 5.69 Å². The Balaban J connectivity index is 2.19. The first-order valence-electron chi connectivity index (χ1n) is 6.62. The number of hydrogen-bond acceptors (Lipinski definition) is 2. The van der Waals surface area contributed by atoms with Crippen molar-refractivity contribution in [2.24, 2.45) is 0 Å². The van der Waals surface area contributed by atoms with Crippen LogP contribution in [-0.2, 0) is 19.4 Å². The van der Waals surface area contributed by atoms with Crippen molar-refractivity contribution in [3.63, 3.8) is 0 Å². The molecule has 0 aliphatic heterocycles. The lowest BCUT2D eigenvalue weighted by molar-refractivity contribution is 0.0690. The number of carboxylic acid groups (broad SMARTS) is 1. The standard InChI is InChI=1S/C15H16N2O2/c1-2-17-9-13(14(16-17)15(18)19)12-8-4-6-10-5-3-7-11(10)12/h4,6,8-9H,2-3,5,7H2,1H3,(H,18,19). The van der Waals surface area contributed by atoms with E-state index in [9.17, 15) is 9.90 Å². The van der Waals surface area contributed by atoms with Crippen LogP contribution in [0.2, 0.25) is 0 Å². The maximum atomic E-state index is 11.3. The van der Waals surface area contributed by atoms with Gasteiger partial charge in [0.25, 0.3) is 0 Å². The van der Waals surface area contributed by atoms with E-state index in [2.05, 4.69) is 11.2 Å². The largest absolute Gasteiger partial charge is 0.476 e. The zero-order valence-electron chi connectivity index (χ0n) is 10.9. The lowest BCUT2D eigenvalue weighted by Gasteiger charge is -2.07. The van der Waals surface area contributed by atoms with Gasteiger partial charge in [0, 0.05) is 18.3 Å². The van der Waals surface area contributed by atoms with Crippen molar-refractivity contribution in [1.82, 2.24) is 9.78 Å². The molecule has 4 heteroatoms. The van der Waals surface area contributed by atoms with E-state index in [1.54, 1.807) is 4.68 Å². The van der Waals surface area contributed by atoms with Crippen molar-refractivity contribution < 1.29 is 9.90 Å². The van der Waals surface area contributed by atoms with Gasteiger partial charge in [0.05, 0.1) is 0 Å². The summed E-state index contributed by atoms with van der Waals surface area (Å²) in [7, 11) is 0. The summed E-state index contributed by atoms with van der Waals surface area (Å²) >= 11 is 0. The molecule has 98 valence electrons. The lowest BCUT2D eigenvalue weighted by atomic mass is 9.97. The molecule has 0 spiro atoms. The van der Waals surface area contributed by atoms with Gasteiger partial charge in [-0.15, -0.1) is 0 Å². The predicted molar refractivity (Wildman–Crippen MR) is 72.3 cm³/mol.